The lowest BCUT2D eigenvalue weighted by Gasteiger charge is -2.17. The van der Waals surface area contributed by atoms with Gasteiger partial charge in [-0.05, 0) is 94.0 Å². The Morgan fingerprint density at radius 1 is 0.367 bits per heavy atom. The van der Waals surface area contributed by atoms with Gasteiger partial charge >= 0.3 is 0 Å². The van der Waals surface area contributed by atoms with Gasteiger partial charge in [0.15, 0.2) is 0 Å². The number of hydrogen-bond donors (Lipinski definition) is 0. The highest BCUT2D eigenvalue weighted by atomic mass is 15.9. The minimum Gasteiger partial charge on any atom is -0.309 e. The Morgan fingerprint density at radius 3 is 1.50 bits per heavy atom. The molecule has 0 bridgehead atoms. The predicted molar refractivity (Wildman–Crippen MR) is 248 cm³/mol. The van der Waals surface area contributed by atoms with Gasteiger partial charge in [0.2, 0.25) is 0 Å². The molecule has 3 atom stereocenters. The third-order valence-corrected chi connectivity index (χ3v) is 12.9. The summed E-state index contributed by atoms with van der Waals surface area (Å²) in [6.45, 7) is 0. The Kier molecular flexibility index (Phi) is 7.18. The van der Waals surface area contributed by atoms with Crippen molar-refractivity contribution in [1.82, 2.24) is 19.2 Å². The Hall–Kier alpha value is -7.66. The molecule has 0 spiro atoms. The third kappa shape index (κ3) is 4.95. The number of rotatable bonds is 6. The number of fused-ring (bicyclic) bond motifs is 9. The molecule has 0 N–H and O–H groups in total. The maximum absolute atomic E-state index is 2.52. The van der Waals surface area contributed by atoms with Crippen LogP contribution >= 0.6 is 0 Å². The number of hydrazine groups is 1. The highest BCUT2D eigenvalue weighted by molar-refractivity contribution is 6.12. The van der Waals surface area contributed by atoms with E-state index in [1.54, 1.807) is 0 Å². The summed E-state index contributed by atoms with van der Waals surface area (Å²) in [5.74, 6) is 0. The van der Waals surface area contributed by atoms with Crippen LogP contribution in [0.2, 0.25) is 0 Å². The largest absolute Gasteiger partial charge is 0.309 e. The molecule has 10 aromatic rings. The molecule has 0 amide bonds. The van der Waals surface area contributed by atoms with Crippen LogP contribution < -0.4 is 0 Å². The smallest absolute Gasteiger partial charge is 0.141 e. The van der Waals surface area contributed by atoms with E-state index in [4.69, 9.17) is 0 Å². The zero-order valence-corrected chi connectivity index (χ0v) is 32.7. The zero-order valence-electron chi connectivity index (χ0n) is 32.7. The van der Waals surface area contributed by atoms with Crippen molar-refractivity contribution in [1.29, 1.82) is 0 Å². The molecule has 282 valence electrons. The molecule has 4 heteroatoms. The molecule has 4 heterocycles. The van der Waals surface area contributed by atoms with Crippen LogP contribution in [0.5, 0.6) is 0 Å². The third-order valence-electron chi connectivity index (χ3n) is 12.9. The highest BCUT2D eigenvalue weighted by Crippen LogP contribution is 2.57. The zero-order chi connectivity index (χ0) is 39.3. The lowest BCUT2D eigenvalue weighted by molar-refractivity contribution is 0.395. The molecule has 0 radical (unpaired) electrons. The molecular formula is C56H38N4. The molecule has 3 aliphatic rings. The van der Waals surface area contributed by atoms with Crippen LogP contribution in [0.1, 0.15) is 17.3 Å². The second kappa shape index (κ2) is 12.9. The van der Waals surface area contributed by atoms with Gasteiger partial charge < -0.3 is 9.13 Å². The Bertz CT molecular complexity index is 3420. The SMILES string of the molecule is C1=CC2=C(c3ccc(-c4ccccc4)cc3)N3C(c4ccc(-n5c6ccccc6c6cc(-c7ccc8c(c7)c7ccccc7n8-c7ccccc7)ccc65)cc4)N3C2C=C1. The molecule has 1 fully saturated rings. The van der Waals surface area contributed by atoms with E-state index >= 15 is 0 Å². The minimum atomic E-state index is 0.188. The van der Waals surface area contributed by atoms with Gasteiger partial charge in [-0.15, -0.1) is 0 Å². The van der Waals surface area contributed by atoms with Crippen LogP contribution in [-0.2, 0) is 0 Å². The number of hydrogen-bond acceptors (Lipinski definition) is 2. The first-order valence-electron chi connectivity index (χ1n) is 20.8. The highest BCUT2D eigenvalue weighted by Gasteiger charge is 2.57. The summed E-state index contributed by atoms with van der Waals surface area (Å²) in [6, 6.07) is 71.4. The van der Waals surface area contributed by atoms with Crippen molar-refractivity contribution in [2.24, 2.45) is 0 Å². The summed E-state index contributed by atoms with van der Waals surface area (Å²) in [7, 11) is 0. The van der Waals surface area contributed by atoms with Gasteiger partial charge in [0.1, 0.15) is 6.17 Å². The van der Waals surface area contributed by atoms with E-state index in [2.05, 4.69) is 238 Å². The second-order valence-electron chi connectivity index (χ2n) is 16.1. The van der Waals surface area contributed by atoms with Crippen LogP contribution in [0.4, 0.5) is 0 Å². The number of aromatic nitrogens is 2. The molecule has 2 aliphatic heterocycles. The van der Waals surface area contributed by atoms with Crippen molar-refractivity contribution in [3.05, 3.63) is 235 Å². The van der Waals surface area contributed by atoms with Gasteiger partial charge in [-0.3, -0.25) is 5.01 Å². The number of benzene rings is 8. The van der Waals surface area contributed by atoms with E-state index in [0.29, 0.717) is 0 Å². The quantitative estimate of drug-likeness (QED) is 0.157. The molecule has 4 nitrogen and oxygen atoms in total. The topological polar surface area (TPSA) is 15.9 Å². The molecule has 3 unspecified atom stereocenters. The maximum Gasteiger partial charge on any atom is 0.141 e. The van der Waals surface area contributed by atoms with Gasteiger partial charge in [-0.25, -0.2) is 0 Å². The summed E-state index contributed by atoms with van der Waals surface area (Å²) >= 11 is 0. The van der Waals surface area contributed by atoms with Crippen molar-refractivity contribution >= 4 is 49.3 Å². The summed E-state index contributed by atoms with van der Waals surface area (Å²) in [4.78, 5) is 0. The van der Waals surface area contributed by atoms with Crippen LogP contribution in [0.15, 0.2) is 224 Å². The fourth-order valence-corrected chi connectivity index (χ4v) is 10.1. The molecular weight excluding hydrogens is 729 g/mol. The van der Waals surface area contributed by atoms with E-state index in [1.807, 2.05) is 0 Å². The standard InChI is InChI=1S/C56H38N4/c1-3-13-37(14-4-1)38-23-25-39(26-24-38)55-47-19-9-12-22-54(47)59-56(60(55)59)40-27-31-44(32-28-40)58-51-21-11-8-18-46(51)49-36-42(30-34-53(49)58)41-29-33-52-48(35-41)45-17-7-10-20-50(45)57(52)43-15-5-2-6-16-43/h1-36,54,56H. The molecule has 1 aliphatic carbocycles. The molecule has 0 saturated carbocycles. The normalized spacial score (nSPS) is 17.9. The lowest BCUT2D eigenvalue weighted by atomic mass is 9.95. The number of para-hydroxylation sites is 3. The van der Waals surface area contributed by atoms with Gasteiger partial charge in [0, 0.05) is 38.5 Å². The van der Waals surface area contributed by atoms with E-state index in [9.17, 15) is 0 Å². The van der Waals surface area contributed by atoms with Crippen molar-refractivity contribution in [3.63, 3.8) is 0 Å². The van der Waals surface area contributed by atoms with Gasteiger partial charge in [-0.2, -0.15) is 5.01 Å². The second-order valence-corrected chi connectivity index (χ2v) is 16.1. The van der Waals surface area contributed by atoms with Crippen LogP contribution in [0, 0.1) is 0 Å². The van der Waals surface area contributed by atoms with Gasteiger partial charge in [0.05, 0.1) is 33.8 Å². The van der Waals surface area contributed by atoms with E-state index in [-0.39, 0.29) is 12.2 Å². The average molecular weight is 767 g/mol. The fraction of sp³-hybridized carbons (Fsp3) is 0.0357. The van der Waals surface area contributed by atoms with Gasteiger partial charge in [0.25, 0.3) is 0 Å². The number of nitrogens with zero attached hydrogens (tertiary/aromatic N) is 4. The molecule has 60 heavy (non-hydrogen) atoms. The Balaban J connectivity index is 0.852. The summed E-state index contributed by atoms with van der Waals surface area (Å²) in [5.41, 5.74) is 17.3. The maximum atomic E-state index is 2.52. The first kappa shape index (κ1) is 33.3. The number of allylic oxidation sites excluding steroid dienone is 2. The van der Waals surface area contributed by atoms with Gasteiger partial charge in [-0.1, -0.05) is 158 Å². The lowest BCUT2D eigenvalue weighted by Crippen LogP contribution is -2.17. The van der Waals surface area contributed by atoms with E-state index in [0.717, 1.165) is 5.69 Å². The van der Waals surface area contributed by atoms with Crippen molar-refractivity contribution in [2.45, 2.75) is 12.2 Å². The van der Waals surface area contributed by atoms with Crippen LogP contribution in [-0.4, -0.2) is 25.2 Å². The summed E-state index contributed by atoms with van der Waals surface area (Å²) < 4.78 is 4.80. The first-order chi connectivity index (χ1) is 29.8. The van der Waals surface area contributed by atoms with Crippen molar-refractivity contribution in [3.8, 4) is 33.6 Å². The summed E-state index contributed by atoms with van der Waals surface area (Å²) in [6.07, 6.45) is 9.15. The predicted octanol–water partition coefficient (Wildman–Crippen LogP) is 13.7. The summed E-state index contributed by atoms with van der Waals surface area (Å²) in [5, 5.41) is 10.0. The molecule has 2 aromatic heterocycles. The Morgan fingerprint density at radius 2 is 0.867 bits per heavy atom. The van der Waals surface area contributed by atoms with E-state index < -0.39 is 0 Å². The molecule has 1 saturated heterocycles. The van der Waals surface area contributed by atoms with E-state index in [1.165, 1.54) is 93.9 Å². The Labute approximate surface area is 348 Å². The fourth-order valence-electron chi connectivity index (χ4n) is 10.1. The molecule has 13 rings (SSSR count). The molecule has 8 aromatic carbocycles. The van der Waals surface area contributed by atoms with Crippen LogP contribution in [0.3, 0.4) is 0 Å². The van der Waals surface area contributed by atoms with Crippen molar-refractivity contribution < 1.29 is 0 Å². The van der Waals surface area contributed by atoms with Crippen molar-refractivity contribution in [2.75, 3.05) is 0 Å². The first-order valence-corrected chi connectivity index (χ1v) is 20.8. The minimum absolute atomic E-state index is 0.188. The monoisotopic (exact) mass is 766 g/mol. The van der Waals surface area contributed by atoms with Crippen LogP contribution in [0.25, 0.3) is 82.9 Å². The average Bonchev–Trinajstić information content (AvgIpc) is 3.63.